The Morgan fingerprint density at radius 2 is 1.69 bits per heavy atom. The van der Waals surface area contributed by atoms with Crippen LogP contribution in [0.3, 0.4) is 0 Å². The average Bonchev–Trinajstić information content (AvgIpc) is 2.91. The molecule has 3 rings (SSSR count). The third-order valence-corrected chi connectivity index (χ3v) is 4.68. The molecule has 0 aromatic heterocycles. The molecule has 0 bridgehead atoms. The molecular weight excluding hydrogens is 383 g/mol. The molecule has 156 valence electrons. The van der Waals surface area contributed by atoms with Crippen molar-refractivity contribution in [1.29, 1.82) is 0 Å². The van der Waals surface area contributed by atoms with Gasteiger partial charge < -0.3 is 14.8 Å². The summed E-state index contributed by atoms with van der Waals surface area (Å²) in [7, 11) is 0. The zero-order valence-corrected chi connectivity index (χ0v) is 16.2. The van der Waals surface area contributed by atoms with Gasteiger partial charge in [-0.15, -0.1) is 0 Å². The van der Waals surface area contributed by atoms with Crippen molar-refractivity contribution in [3.63, 3.8) is 0 Å². The molecule has 0 saturated carbocycles. The van der Waals surface area contributed by atoms with Crippen molar-refractivity contribution < 1.29 is 27.4 Å². The van der Waals surface area contributed by atoms with E-state index >= 15 is 0 Å². The lowest BCUT2D eigenvalue weighted by molar-refractivity contribution is -0.137. The van der Waals surface area contributed by atoms with E-state index in [0.29, 0.717) is 38.2 Å². The zero-order chi connectivity index (χ0) is 20.9. The number of carbonyl (C=O) groups excluding carboxylic acids is 1. The average molecular weight is 407 g/mol. The van der Waals surface area contributed by atoms with Crippen molar-refractivity contribution in [3.8, 4) is 11.5 Å². The first kappa shape index (κ1) is 21.0. The summed E-state index contributed by atoms with van der Waals surface area (Å²) in [4.78, 5) is 12.2. The molecule has 0 aliphatic carbocycles. The highest BCUT2D eigenvalue weighted by Crippen LogP contribution is 2.31. The number of halogens is 3. The monoisotopic (exact) mass is 407 g/mol. The molecule has 1 unspecified atom stereocenters. The van der Waals surface area contributed by atoms with E-state index in [-0.39, 0.29) is 11.9 Å². The largest absolute Gasteiger partial charge is 0.490 e. The Bertz CT molecular complexity index is 834. The van der Waals surface area contributed by atoms with Gasteiger partial charge in [-0.1, -0.05) is 18.2 Å². The summed E-state index contributed by atoms with van der Waals surface area (Å²) in [5.41, 5.74) is 1.06. The van der Waals surface area contributed by atoms with Crippen molar-refractivity contribution >= 4 is 5.91 Å². The molecule has 0 spiro atoms. The van der Waals surface area contributed by atoms with Gasteiger partial charge in [0.15, 0.2) is 11.5 Å². The fraction of sp³-hybridized carbons (Fsp3) is 0.409. The Hall–Kier alpha value is -2.70. The van der Waals surface area contributed by atoms with E-state index in [1.54, 1.807) is 0 Å². The Morgan fingerprint density at radius 1 is 1.03 bits per heavy atom. The molecule has 1 heterocycles. The van der Waals surface area contributed by atoms with Crippen molar-refractivity contribution in [3.05, 3.63) is 59.2 Å². The normalized spacial score (nSPS) is 14.8. The van der Waals surface area contributed by atoms with Crippen LogP contribution >= 0.6 is 0 Å². The van der Waals surface area contributed by atoms with Crippen molar-refractivity contribution in [2.24, 2.45) is 0 Å². The van der Waals surface area contributed by atoms with Crippen molar-refractivity contribution in [1.82, 2.24) is 5.32 Å². The highest BCUT2D eigenvalue weighted by atomic mass is 19.4. The Balaban J connectivity index is 1.47. The topological polar surface area (TPSA) is 47.6 Å². The van der Waals surface area contributed by atoms with Crippen LogP contribution in [0, 0.1) is 0 Å². The highest BCUT2D eigenvalue weighted by molar-refractivity contribution is 5.76. The molecule has 2 aromatic rings. The molecule has 1 aliphatic rings. The summed E-state index contributed by atoms with van der Waals surface area (Å²) in [5.74, 6) is 1.33. The standard InChI is InChI=1S/C22H24F3NO3/c1-15(13-16-3-7-18(8-4-16)22(23,24)25)26-21(27)10-6-17-5-9-19-20(14-17)29-12-2-11-28-19/h3-5,7-9,14-15H,2,6,10-13H2,1H3,(H,26,27). The lowest BCUT2D eigenvalue weighted by Gasteiger charge is -2.15. The predicted molar refractivity (Wildman–Crippen MR) is 103 cm³/mol. The highest BCUT2D eigenvalue weighted by Gasteiger charge is 2.29. The van der Waals surface area contributed by atoms with Crippen LogP contribution < -0.4 is 14.8 Å². The number of nitrogens with one attached hydrogen (secondary N) is 1. The minimum Gasteiger partial charge on any atom is -0.490 e. The summed E-state index contributed by atoms with van der Waals surface area (Å²) >= 11 is 0. The maximum Gasteiger partial charge on any atom is 0.416 e. The Morgan fingerprint density at radius 3 is 2.38 bits per heavy atom. The van der Waals surface area contributed by atoms with Crippen LogP contribution in [-0.2, 0) is 23.8 Å². The van der Waals surface area contributed by atoms with Crippen LogP contribution in [0.5, 0.6) is 11.5 Å². The number of aryl methyl sites for hydroxylation is 1. The third kappa shape index (κ3) is 6.14. The Kier molecular flexibility index (Phi) is 6.67. The van der Waals surface area contributed by atoms with E-state index in [2.05, 4.69) is 5.32 Å². The summed E-state index contributed by atoms with van der Waals surface area (Å²) in [6.45, 7) is 3.08. The van der Waals surface area contributed by atoms with Gasteiger partial charge in [0.1, 0.15) is 0 Å². The number of hydrogen-bond donors (Lipinski definition) is 1. The Labute approximate surface area is 168 Å². The van der Waals surface area contributed by atoms with Gasteiger partial charge >= 0.3 is 6.18 Å². The van der Waals surface area contributed by atoms with Gasteiger partial charge in [-0.3, -0.25) is 4.79 Å². The minimum atomic E-state index is -4.34. The maximum atomic E-state index is 12.6. The van der Waals surface area contributed by atoms with E-state index in [4.69, 9.17) is 9.47 Å². The number of carbonyl (C=O) groups is 1. The minimum absolute atomic E-state index is 0.100. The summed E-state index contributed by atoms with van der Waals surface area (Å²) in [5, 5.41) is 2.90. The summed E-state index contributed by atoms with van der Waals surface area (Å²) in [6.07, 6.45) is -2.16. The van der Waals surface area contributed by atoms with Crippen LogP contribution in [0.4, 0.5) is 13.2 Å². The molecule has 29 heavy (non-hydrogen) atoms. The van der Waals surface area contributed by atoms with Crippen LogP contribution in [0.15, 0.2) is 42.5 Å². The van der Waals surface area contributed by atoms with Gasteiger partial charge in [-0.25, -0.2) is 0 Å². The van der Waals surface area contributed by atoms with Gasteiger partial charge in [0.05, 0.1) is 18.8 Å². The molecule has 7 heteroatoms. The third-order valence-electron chi connectivity index (χ3n) is 4.68. The van der Waals surface area contributed by atoms with Gasteiger partial charge in [-0.05, 0) is 55.2 Å². The molecular formula is C22H24F3NO3. The number of ether oxygens (including phenoxy) is 2. The number of alkyl halides is 3. The summed E-state index contributed by atoms with van der Waals surface area (Å²) in [6, 6.07) is 10.5. The number of rotatable bonds is 6. The lowest BCUT2D eigenvalue weighted by Crippen LogP contribution is -2.34. The predicted octanol–water partition coefficient (Wildman–Crippen LogP) is 4.55. The molecule has 1 amide bonds. The second-order valence-electron chi connectivity index (χ2n) is 7.20. The van der Waals surface area contributed by atoms with Gasteiger partial charge in [0.2, 0.25) is 5.91 Å². The molecule has 1 aliphatic heterocycles. The van der Waals surface area contributed by atoms with Crippen LogP contribution in [0.2, 0.25) is 0 Å². The molecule has 1 N–H and O–H groups in total. The van der Waals surface area contributed by atoms with Crippen molar-refractivity contribution in [2.45, 2.75) is 44.8 Å². The second-order valence-corrected chi connectivity index (χ2v) is 7.20. The van der Waals surface area contributed by atoms with E-state index in [1.807, 2.05) is 25.1 Å². The fourth-order valence-corrected chi connectivity index (χ4v) is 3.20. The van der Waals surface area contributed by atoms with Crippen molar-refractivity contribution in [2.75, 3.05) is 13.2 Å². The molecule has 2 aromatic carbocycles. The first-order chi connectivity index (χ1) is 13.8. The summed E-state index contributed by atoms with van der Waals surface area (Å²) < 4.78 is 49.1. The van der Waals surface area contributed by atoms with E-state index in [9.17, 15) is 18.0 Å². The molecule has 0 radical (unpaired) electrons. The lowest BCUT2D eigenvalue weighted by atomic mass is 10.0. The van der Waals surface area contributed by atoms with E-state index in [1.165, 1.54) is 12.1 Å². The van der Waals surface area contributed by atoms with Gasteiger partial charge in [0.25, 0.3) is 0 Å². The van der Waals surface area contributed by atoms with Gasteiger partial charge in [0, 0.05) is 18.9 Å². The first-order valence-corrected chi connectivity index (χ1v) is 9.65. The molecule has 0 fully saturated rings. The molecule has 1 atom stereocenters. The molecule has 0 saturated heterocycles. The SMILES string of the molecule is CC(Cc1ccc(C(F)(F)F)cc1)NC(=O)CCc1ccc2c(c1)OCCCO2. The van der Waals surface area contributed by atoms with Crippen LogP contribution in [-0.4, -0.2) is 25.2 Å². The number of benzene rings is 2. The first-order valence-electron chi connectivity index (χ1n) is 9.65. The maximum absolute atomic E-state index is 12.6. The zero-order valence-electron chi connectivity index (χ0n) is 16.2. The molecule has 4 nitrogen and oxygen atoms in total. The quantitative estimate of drug-likeness (QED) is 0.765. The number of amides is 1. The smallest absolute Gasteiger partial charge is 0.416 e. The second kappa shape index (κ2) is 9.20. The van der Waals surface area contributed by atoms with Gasteiger partial charge in [-0.2, -0.15) is 13.2 Å². The van der Waals surface area contributed by atoms with Crippen LogP contribution in [0.1, 0.15) is 36.5 Å². The van der Waals surface area contributed by atoms with Crippen LogP contribution in [0.25, 0.3) is 0 Å². The number of fused-ring (bicyclic) bond motifs is 1. The number of hydrogen-bond acceptors (Lipinski definition) is 3. The van der Waals surface area contributed by atoms with E-state index < -0.39 is 11.7 Å². The fourth-order valence-electron chi connectivity index (χ4n) is 3.20. The van der Waals surface area contributed by atoms with E-state index in [0.717, 1.165) is 35.4 Å².